The van der Waals surface area contributed by atoms with Crippen LogP contribution in [-0.2, 0) is 32.0 Å². The standard InChI is InChI=1S/C30H36N4O4/c35-27-20-23(18-21-10-3-1-4-11-21)31-28(36)25-14-7-8-16-33(25)30(38)26-15-9-17-34(26)29(37)24(32-27)19-22-12-5-2-6-13-22/h1-6,10-13,23-26H,7-9,14-20H2,(H,31,36)(H,32,35)/t23-,24+,25+,26+/m1/s1. The molecule has 3 heterocycles. The van der Waals surface area contributed by atoms with Crippen LogP contribution in [0.3, 0.4) is 0 Å². The maximum atomic E-state index is 13.9. The second-order valence-electron chi connectivity index (χ2n) is 10.6. The van der Waals surface area contributed by atoms with Crippen molar-refractivity contribution in [3.8, 4) is 0 Å². The summed E-state index contributed by atoms with van der Waals surface area (Å²) in [6, 6.07) is 16.9. The first kappa shape index (κ1) is 25.9. The Morgan fingerprint density at radius 2 is 1.26 bits per heavy atom. The average molecular weight is 517 g/mol. The Hall–Kier alpha value is -3.68. The van der Waals surface area contributed by atoms with Gasteiger partial charge in [0.15, 0.2) is 0 Å². The lowest BCUT2D eigenvalue weighted by Gasteiger charge is -2.38. The van der Waals surface area contributed by atoms with Crippen LogP contribution in [0.5, 0.6) is 0 Å². The molecule has 0 bridgehead atoms. The van der Waals surface area contributed by atoms with Crippen LogP contribution in [0.1, 0.15) is 49.7 Å². The van der Waals surface area contributed by atoms with E-state index in [1.807, 2.05) is 60.7 Å². The number of piperidine rings is 1. The highest BCUT2D eigenvalue weighted by Gasteiger charge is 2.43. The number of amides is 4. The molecule has 200 valence electrons. The van der Waals surface area contributed by atoms with Crippen LogP contribution in [0.4, 0.5) is 0 Å². The van der Waals surface area contributed by atoms with Crippen molar-refractivity contribution in [2.45, 2.75) is 75.5 Å². The number of nitrogens with zero attached hydrogens (tertiary/aromatic N) is 2. The van der Waals surface area contributed by atoms with E-state index in [0.717, 1.165) is 30.4 Å². The number of carbonyl (C=O) groups is 4. The minimum Gasteiger partial charge on any atom is -0.351 e. The summed E-state index contributed by atoms with van der Waals surface area (Å²) in [5, 5.41) is 6.07. The molecule has 2 aromatic rings. The fourth-order valence-electron chi connectivity index (χ4n) is 6.04. The fraction of sp³-hybridized carbons (Fsp3) is 0.467. The molecule has 3 saturated heterocycles. The van der Waals surface area contributed by atoms with Crippen LogP contribution in [0.25, 0.3) is 0 Å². The Morgan fingerprint density at radius 1 is 0.658 bits per heavy atom. The van der Waals surface area contributed by atoms with E-state index in [9.17, 15) is 19.2 Å². The largest absolute Gasteiger partial charge is 0.351 e. The molecule has 2 aromatic carbocycles. The SMILES string of the molecule is O=C1C[C@@H](Cc2ccccc2)NC(=O)[C@@H]2CCCCN2C(=O)[C@@H]2CCCN2C(=O)[C@H](Cc2ccccc2)N1. The van der Waals surface area contributed by atoms with Gasteiger partial charge in [-0.25, -0.2) is 0 Å². The summed E-state index contributed by atoms with van der Waals surface area (Å²) >= 11 is 0. The third-order valence-corrected chi connectivity index (χ3v) is 7.93. The van der Waals surface area contributed by atoms with Gasteiger partial charge < -0.3 is 20.4 Å². The molecule has 0 radical (unpaired) electrons. The van der Waals surface area contributed by atoms with E-state index in [1.165, 1.54) is 0 Å². The van der Waals surface area contributed by atoms with Crippen LogP contribution < -0.4 is 10.6 Å². The Labute approximate surface area is 223 Å². The van der Waals surface area contributed by atoms with Crippen molar-refractivity contribution in [1.82, 2.24) is 20.4 Å². The first-order valence-electron chi connectivity index (χ1n) is 13.8. The number of nitrogens with one attached hydrogen (secondary N) is 2. The van der Waals surface area contributed by atoms with Crippen molar-refractivity contribution in [3.63, 3.8) is 0 Å². The second-order valence-corrected chi connectivity index (χ2v) is 10.6. The van der Waals surface area contributed by atoms with Crippen molar-refractivity contribution >= 4 is 23.6 Å². The summed E-state index contributed by atoms with van der Waals surface area (Å²) < 4.78 is 0. The van der Waals surface area contributed by atoms with Crippen LogP contribution in [-0.4, -0.2) is 70.7 Å². The highest BCUT2D eigenvalue weighted by atomic mass is 16.2. The van der Waals surface area contributed by atoms with E-state index < -0.39 is 24.2 Å². The van der Waals surface area contributed by atoms with Gasteiger partial charge in [-0.1, -0.05) is 60.7 Å². The van der Waals surface area contributed by atoms with Crippen molar-refractivity contribution in [2.24, 2.45) is 0 Å². The lowest BCUT2D eigenvalue weighted by atomic mass is 9.98. The Morgan fingerprint density at radius 3 is 1.97 bits per heavy atom. The predicted octanol–water partition coefficient (Wildman–Crippen LogP) is 2.22. The smallest absolute Gasteiger partial charge is 0.246 e. The zero-order valence-corrected chi connectivity index (χ0v) is 21.7. The number of fused-ring (bicyclic) bond motifs is 2. The molecule has 0 unspecified atom stereocenters. The van der Waals surface area contributed by atoms with Gasteiger partial charge in [0.05, 0.1) is 0 Å². The minimum absolute atomic E-state index is 0.0449. The molecule has 4 amide bonds. The van der Waals surface area contributed by atoms with Crippen molar-refractivity contribution < 1.29 is 19.2 Å². The van der Waals surface area contributed by atoms with Gasteiger partial charge in [-0.3, -0.25) is 19.2 Å². The van der Waals surface area contributed by atoms with Crippen LogP contribution in [0.2, 0.25) is 0 Å². The fourth-order valence-corrected chi connectivity index (χ4v) is 6.04. The summed E-state index contributed by atoms with van der Waals surface area (Å²) in [5.74, 6) is -0.894. The molecule has 0 aliphatic carbocycles. The molecule has 3 fully saturated rings. The third-order valence-electron chi connectivity index (χ3n) is 7.93. The van der Waals surface area contributed by atoms with E-state index in [2.05, 4.69) is 10.6 Å². The number of hydrogen-bond acceptors (Lipinski definition) is 4. The zero-order chi connectivity index (χ0) is 26.5. The molecule has 4 atom stereocenters. The van der Waals surface area contributed by atoms with Crippen LogP contribution >= 0.6 is 0 Å². The molecular formula is C30H36N4O4. The number of rotatable bonds is 4. The van der Waals surface area contributed by atoms with E-state index >= 15 is 0 Å². The molecule has 0 saturated carbocycles. The van der Waals surface area contributed by atoms with Gasteiger partial charge in [-0.05, 0) is 49.7 Å². The molecule has 38 heavy (non-hydrogen) atoms. The summed E-state index contributed by atoms with van der Waals surface area (Å²) in [6.45, 7) is 0.973. The molecule has 8 nitrogen and oxygen atoms in total. The monoisotopic (exact) mass is 516 g/mol. The lowest BCUT2D eigenvalue weighted by Crippen LogP contribution is -2.58. The Bertz CT molecular complexity index is 1160. The van der Waals surface area contributed by atoms with Gasteiger partial charge in [0.1, 0.15) is 18.1 Å². The van der Waals surface area contributed by atoms with Gasteiger partial charge in [-0.2, -0.15) is 0 Å². The maximum absolute atomic E-state index is 13.9. The molecule has 3 aliphatic heterocycles. The first-order chi connectivity index (χ1) is 18.5. The van der Waals surface area contributed by atoms with Gasteiger partial charge in [0.25, 0.3) is 0 Å². The maximum Gasteiger partial charge on any atom is 0.246 e. The molecule has 0 aromatic heterocycles. The number of carbonyl (C=O) groups excluding carboxylic acids is 4. The topological polar surface area (TPSA) is 98.8 Å². The highest BCUT2D eigenvalue weighted by Crippen LogP contribution is 2.26. The normalized spacial score (nSPS) is 26.8. The quantitative estimate of drug-likeness (QED) is 0.651. The summed E-state index contributed by atoms with van der Waals surface area (Å²) in [4.78, 5) is 57.9. The van der Waals surface area contributed by atoms with Crippen molar-refractivity contribution in [2.75, 3.05) is 13.1 Å². The van der Waals surface area contributed by atoms with Gasteiger partial charge in [0, 0.05) is 32.0 Å². The van der Waals surface area contributed by atoms with E-state index in [1.54, 1.807) is 9.80 Å². The predicted molar refractivity (Wildman–Crippen MR) is 143 cm³/mol. The summed E-state index contributed by atoms with van der Waals surface area (Å²) in [6.07, 6.45) is 4.43. The first-order valence-corrected chi connectivity index (χ1v) is 13.8. The van der Waals surface area contributed by atoms with Crippen molar-refractivity contribution in [3.05, 3.63) is 71.8 Å². The van der Waals surface area contributed by atoms with Crippen LogP contribution in [0.15, 0.2) is 60.7 Å². The Kier molecular flexibility index (Phi) is 8.05. The Balaban J connectivity index is 1.48. The molecular weight excluding hydrogens is 480 g/mol. The third kappa shape index (κ3) is 5.90. The number of hydrogen-bond donors (Lipinski definition) is 2. The van der Waals surface area contributed by atoms with E-state index in [-0.39, 0.29) is 30.0 Å². The molecule has 2 N–H and O–H groups in total. The molecule has 8 heteroatoms. The van der Waals surface area contributed by atoms with E-state index in [4.69, 9.17) is 0 Å². The van der Waals surface area contributed by atoms with Crippen LogP contribution in [0, 0.1) is 0 Å². The highest BCUT2D eigenvalue weighted by molar-refractivity contribution is 5.95. The van der Waals surface area contributed by atoms with Gasteiger partial charge in [-0.15, -0.1) is 0 Å². The second kappa shape index (κ2) is 11.8. The molecule has 0 spiro atoms. The number of benzene rings is 2. The van der Waals surface area contributed by atoms with E-state index in [0.29, 0.717) is 38.8 Å². The minimum atomic E-state index is -0.788. The van der Waals surface area contributed by atoms with Crippen molar-refractivity contribution in [1.29, 1.82) is 0 Å². The molecule has 5 rings (SSSR count). The summed E-state index contributed by atoms with van der Waals surface area (Å²) in [5.41, 5.74) is 1.94. The zero-order valence-electron chi connectivity index (χ0n) is 21.7. The van der Waals surface area contributed by atoms with Gasteiger partial charge in [0.2, 0.25) is 23.6 Å². The van der Waals surface area contributed by atoms with Gasteiger partial charge >= 0.3 is 0 Å². The average Bonchev–Trinajstić information content (AvgIpc) is 3.42. The molecule has 3 aliphatic rings. The summed E-state index contributed by atoms with van der Waals surface area (Å²) in [7, 11) is 0. The lowest BCUT2D eigenvalue weighted by molar-refractivity contribution is -0.150.